The summed E-state index contributed by atoms with van der Waals surface area (Å²) in [5.74, 6) is -2.83. The highest BCUT2D eigenvalue weighted by Gasteiger charge is 2.28. The van der Waals surface area contributed by atoms with E-state index in [0.717, 1.165) is 64.2 Å². The largest absolute Gasteiger partial charge is 0.480 e. The number of esters is 2. The lowest BCUT2D eigenvalue weighted by Crippen LogP contribution is -2.34. The number of phosphoric acid groups is 1. The molecule has 0 aromatic rings. The lowest BCUT2D eigenvalue weighted by atomic mass is 10.1. The number of hydrogen-bond acceptors (Lipinski definition) is 12. The minimum Gasteiger partial charge on any atom is -0.480 e. The van der Waals surface area contributed by atoms with E-state index in [0.29, 0.717) is 6.42 Å². The molecular weight excluding hydrogens is 781 g/mol. The van der Waals surface area contributed by atoms with E-state index in [1.54, 1.807) is 42.5 Å². The molecule has 0 amide bonds. The minimum atomic E-state index is -4.83. The van der Waals surface area contributed by atoms with Crippen LogP contribution in [0.4, 0.5) is 0 Å². The van der Waals surface area contributed by atoms with Crippen LogP contribution in [0.1, 0.15) is 110 Å². The number of hydrogen-bond donors (Lipinski definition) is 6. The third kappa shape index (κ3) is 35.9. The number of carbonyl (C=O) groups excluding carboxylic acids is 2. The van der Waals surface area contributed by atoms with Gasteiger partial charge in [-0.3, -0.25) is 23.4 Å². The van der Waals surface area contributed by atoms with Crippen LogP contribution in [0, 0.1) is 0 Å². The molecule has 7 N–H and O–H groups in total. The molecule has 0 aliphatic carbocycles. The Morgan fingerprint density at radius 1 is 0.661 bits per heavy atom. The molecule has 0 aliphatic heterocycles. The molecule has 0 aliphatic rings. The van der Waals surface area contributed by atoms with Gasteiger partial charge in [-0.25, -0.2) is 4.57 Å². The average Bonchev–Trinajstić information content (AvgIpc) is 3.20. The molecule has 334 valence electrons. The zero-order chi connectivity index (χ0) is 44.0. The number of aliphatic hydroxyl groups is 3. The number of carbonyl (C=O) groups is 3. The summed E-state index contributed by atoms with van der Waals surface area (Å²) in [4.78, 5) is 45.9. The van der Waals surface area contributed by atoms with Crippen molar-refractivity contribution < 1.29 is 62.8 Å². The average molecular weight is 852 g/mol. The number of allylic oxidation sites excluding steroid dienone is 14. The Balaban J connectivity index is 4.83. The standard InChI is InChI=1S/C44H70NO13P/c1-3-5-7-8-9-10-11-12-13-14-15-16-17-22-26-32-42(49)55-34-38(35-56-59(53,54)57-36-39(45)44(51)52)58-43(50)33-27-31-41(48)40(47)30-25-21-19-18-20-24-29-37(46)28-23-6-4-2/h5,7,9-10,12-13,15-16,18-21,24-25,29-30,37-41,46-48H,3-4,6,8,11,14,17,22-23,26-28,31-36,45H2,1-2H3,(H,51,52)(H,53,54)/b7-5-,10-9-,13-12-,16-15-,20-18-,21-19+,29-24+,30-25+/t37-,38+,39-,40-,41-/m0/s1. The van der Waals surface area contributed by atoms with Crippen molar-refractivity contribution in [2.75, 3.05) is 19.8 Å². The number of carboxylic acids is 1. The number of nitrogens with two attached hydrogens (primary N) is 1. The van der Waals surface area contributed by atoms with Crippen molar-refractivity contribution in [1.82, 2.24) is 0 Å². The van der Waals surface area contributed by atoms with Crippen LogP contribution in [0.2, 0.25) is 0 Å². The number of aliphatic hydroxyl groups excluding tert-OH is 3. The third-order valence-corrected chi connectivity index (χ3v) is 9.13. The normalized spacial score (nSPS) is 16.3. The van der Waals surface area contributed by atoms with Crippen molar-refractivity contribution >= 4 is 25.7 Å². The maximum Gasteiger partial charge on any atom is 0.472 e. The van der Waals surface area contributed by atoms with E-state index in [-0.39, 0.29) is 25.7 Å². The summed E-state index contributed by atoms with van der Waals surface area (Å²) in [5.41, 5.74) is 5.30. The first kappa shape index (κ1) is 55.3. The molecule has 0 rings (SSSR count). The Morgan fingerprint density at radius 3 is 1.86 bits per heavy atom. The van der Waals surface area contributed by atoms with Crippen LogP contribution in [-0.4, -0.2) is 93.5 Å². The van der Waals surface area contributed by atoms with Gasteiger partial charge in [0.15, 0.2) is 6.10 Å². The molecule has 0 saturated carbocycles. The van der Waals surface area contributed by atoms with E-state index < -0.39 is 76.0 Å². The molecule has 0 radical (unpaired) electrons. The summed E-state index contributed by atoms with van der Waals surface area (Å²) >= 11 is 0. The molecule has 14 nitrogen and oxygen atoms in total. The SMILES string of the molecule is CC/C=C\C/C=C\C/C=C\C/C=C\CCCCC(=O)OC[C@H](COP(=O)(O)OC[C@H](N)C(=O)O)OC(=O)CCC[C@H](O)[C@@H](O)/C=C/C=C/C=C\C=C\[C@@H](O)CCCCC. The highest BCUT2D eigenvalue weighted by atomic mass is 31.2. The number of phosphoric ester groups is 1. The Bertz CT molecular complexity index is 1420. The van der Waals surface area contributed by atoms with Crippen LogP contribution in [0.15, 0.2) is 97.2 Å². The first-order chi connectivity index (χ1) is 28.3. The molecule has 0 heterocycles. The van der Waals surface area contributed by atoms with Gasteiger partial charge >= 0.3 is 25.7 Å². The summed E-state index contributed by atoms with van der Waals surface area (Å²) in [7, 11) is -4.83. The van der Waals surface area contributed by atoms with Crippen molar-refractivity contribution in [3.8, 4) is 0 Å². The van der Waals surface area contributed by atoms with Crippen molar-refractivity contribution in [3.63, 3.8) is 0 Å². The van der Waals surface area contributed by atoms with Gasteiger partial charge in [-0.05, 0) is 64.2 Å². The van der Waals surface area contributed by atoms with Gasteiger partial charge in [0, 0.05) is 12.8 Å². The van der Waals surface area contributed by atoms with E-state index in [4.69, 9.17) is 24.8 Å². The van der Waals surface area contributed by atoms with Crippen molar-refractivity contribution in [2.24, 2.45) is 5.73 Å². The highest BCUT2D eigenvalue weighted by molar-refractivity contribution is 7.47. The maximum absolute atomic E-state index is 12.6. The number of unbranched alkanes of at least 4 members (excludes halogenated alkanes) is 4. The highest BCUT2D eigenvalue weighted by Crippen LogP contribution is 2.43. The second-order valence-electron chi connectivity index (χ2n) is 13.6. The van der Waals surface area contributed by atoms with E-state index in [1.165, 1.54) is 6.08 Å². The topological polar surface area (TPSA) is 232 Å². The first-order valence-electron chi connectivity index (χ1n) is 20.6. The van der Waals surface area contributed by atoms with Gasteiger partial charge in [-0.15, -0.1) is 0 Å². The second kappa shape index (κ2) is 37.3. The van der Waals surface area contributed by atoms with Crippen LogP contribution < -0.4 is 5.73 Å². The van der Waals surface area contributed by atoms with Gasteiger partial charge in [-0.1, -0.05) is 130 Å². The van der Waals surface area contributed by atoms with Crippen molar-refractivity contribution in [1.29, 1.82) is 0 Å². The van der Waals surface area contributed by atoms with E-state index in [1.807, 2.05) is 6.08 Å². The summed E-state index contributed by atoms with van der Waals surface area (Å²) in [6, 6.07) is -1.59. The van der Waals surface area contributed by atoms with Gasteiger partial charge in [0.05, 0.1) is 31.5 Å². The second-order valence-corrected chi connectivity index (χ2v) is 15.1. The van der Waals surface area contributed by atoms with Gasteiger partial charge in [0.1, 0.15) is 12.6 Å². The van der Waals surface area contributed by atoms with Gasteiger partial charge in [0.2, 0.25) is 0 Å². The third-order valence-electron chi connectivity index (χ3n) is 8.18. The van der Waals surface area contributed by atoms with E-state index in [2.05, 4.69) is 60.9 Å². The summed E-state index contributed by atoms with van der Waals surface area (Å²) in [6.45, 7) is 2.16. The molecule has 0 fully saturated rings. The van der Waals surface area contributed by atoms with Crippen LogP contribution in [-0.2, 0) is 37.5 Å². The smallest absolute Gasteiger partial charge is 0.472 e. The molecule has 0 bridgehead atoms. The fraction of sp³-hybridized carbons (Fsp3) is 0.568. The number of carboxylic acid groups (broad SMARTS) is 1. The lowest BCUT2D eigenvalue weighted by Gasteiger charge is -2.20. The Kier molecular flexibility index (Phi) is 34.9. The molecule has 15 heteroatoms. The van der Waals surface area contributed by atoms with Gasteiger partial charge < -0.3 is 40.5 Å². The molecule has 0 saturated heterocycles. The first-order valence-corrected chi connectivity index (χ1v) is 22.1. The molecule has 0 aromatic heterocycles. The predicted octanol–water partition coefficient (Wildman–Crippen LogP) is 7.41. The Hall–Kier alpha value is -3.72. The molecule has 6 atom stereocenters. The van der Waals surface area contributed by atoms with Crippen LogP contribution in [0.3, 0.4) is 0 Å². The lowest BCUT2D eigenvalue weighted by molar-refractivity contribution is -0.161. The Morgan fingerprint density at radius 2 is 1.24 bits per heavy atom. The molecule has 59 heavy (non-hydrogen) atoms. The van der Waals surface area contributed by atoms with E-state index >= 15 is 0 Å². The minimum absolute atomic E-state index is 0.0379. The fourth-order valence-electron chi connectivity index (χ4n) is 4.79. The molecule has 0 spiro atoms. The maximum atomic E-state index is 12.6. The number of aliphatic carboxylic acids is 1. The number of ether oxygens (including phenoxy) is 2. The zero-order valence-electron chi connectivity index (χ0n) is 34.9. The van der Waals surface area contributed by atoms with Gasteiger partial charge in [0.25, 0.3) is 0 Å². The summed E-state index contributed by atoms with van der Waals surface area (Å²) in [6.07, 6.45) is 35.6. The monoisotopic (exact) mass is 851 g/mol. The summed E-state index contributed by atoms with van der Waals surface area (Å²) < 4.78 is 32.3. The van der Waals surface area contributed by atoms with Gasteiger partial charge in [-0.2, -0.15) is 0 Å². The molecule has 0 aromatic carbocycles. The fourth-order valence-corrected chi connectivity index (χ4v) is 5.57. The quantitative estimate of drug-likeness (QED) is 0.0119. The number of rotatable bonds is 36. The molecular formula is C44H70NO13P. The van der Waals surface area contributed by atoms with Crippen molar-refractivity contribution in [2.45, 2.75) is 141 Å². The Labute approximate surface area is 351 Å². The van der Waals surface area contributed by atoms with E-state index in [9.17, 15) is 39.2 Å². The zero-order valence-corrected chi connectivity index (χ0v) is 35.8. The van der Waals surface area contributed by atoms with Crippen molar-refractivity contribution in [3.05, 3.63) is 97.2 Å². The summed E-state index contributed by atoms with van der Waals surface area (Å²) in [5, 5.41) is 39.4. The predicted molar refractivity (Wildman–Crippen MR) is 230 cm³/mol. The van der Waals surface area contributed by atoms with Crippen LogP contribution >= 0.6 is 7.82 Å². The molecule has 1 unspecified atom stereocenters. The van der Waals surface area contributed by atoms with Crippen LogP contribution in [0.5, 0.6) is 0 Å². The van der Waals surface area contributed by atoms with Crippen LogP contribution in [0.25, 0.3) is 0 Å².